The molecule has 9 nitrogen and oxygen atoms in total. The van der Waals surface area contributed by atoms with Crippen LogP contribution in [-0.2, 0) is 16.6 Å². The van der Waals surface area contributed by atoms with Crippen molar-refractivity contribution in [2.24, 2.45) is 0 Å². The molecule has 0 spiro atoms. The SMILES string of the molecule is O=S(=O)(Nc1ncns1)c1cc(F)c(OCc2ccc(OC(F)(F)F)cc2NCCN2CCCC2)cc1F. The predicted molar refractivity (Wildman–Crippen MR) is 129 cm³/mol. The van der Waals surface area contributed by atoms with Crippen LogP contribution in [0, 0.1) is 11.6 Å². The van der Waals surface area contributed by atoms with Gasteiger partial charge in [0.05, 0.1) is 0 Å². The second-order valence-electron chi connectivity index (χ2n) is 8.20. The molecule has 206 valence electrons. The highest BCUT2D eigenvalue weighted by Gasteiger charge is 2.31. The minimum absolute atomic E-state index is 0.132. The van der Waals surface area contributed by atoms with Gasteiger partial charge >= 0.3 is 6.36 Å². The van der Waals surface area contributed by atoms with Gasteiger partial charge in [-0.3, -0.25) is 4.72 Å². The smallest absolute Gasteiger partial charge is 0.486 e. The summed E-state index contributed by atoms with van der Waals surface area (Å²) in [4.78, 5) is 4.87. The van der Waals surface area contributed by atoms with E-state index in [0.717, 1.165) is 44.4 Å². The van der Waals surface area contributed by atoms with E-state index in [1.54, 1.807) is 0 Å². The molecule has 0 bridgehead atoms. The lowest BCUT2D eigenvalue weighted by atomic mass is 10.1. The number of ether oxygens (including phenoxy) is 2. The van der Waals surface area contributed by atoms with Gasteiger partial charge in [0, 0.05) is 54.1 Å². The zero-order valence-electron chi connectivity index (χ0n) is 19.6. The van der Waals surface area contributed by atoms with E-state index in [1.807, 2.05) is 4.72 Å². The summed E-state index contributed by atoms with van der Waals surface area (Å²) in [5.41, 5.74) is 0.600. The molecule has 3 aromatic rings. The fourth-order valence-electron chi connectivity index (χ4n) is 3.77. The van der Waals surface area contributed by atoms with Crippen molar-refractivity contribution in [3.05, 3.63) is 53.9 Å². The molecule has 2 N–H and O–H groups in total. The Balaban J connectivity index is 1.49. The molecule has 1 aliphatic heterocycles. The number of halogens is 5. The second kappa shape index (κ2) is 11.7. The predicted octanol–water partition coefficient (Wildman–Crippen LogP) is 4.60. The normalized spacial score (nSPS) is 14.4. The highest BCUT2D eigenvalue weighted by atomic mass is 32.2. The quantitative estimate of drug-likeness (QED) is 0.318. The van der Waals surface area contributed by atoms with Crippen molar-refractivity contribution >= 4 is 32.4 Å². The molecule has 2 heterocycles. The van der Waals surface area contributed by atoms with Gasteiger partial charge in [0.25, 0.3) is 10.0 Å². The number of anilines is 2. The van der Waals surface area contributed by atoms with Crippen molar-refractivity contribution in [3.8, 4) is 11.5 Å². The first kappa shape index (κ1) is 27.8. The number of hydrogen-bond donors (Lipinski definition) is 2. The van der Waals surface area contributed by atoms with Crippen LogP contribution in [0.3, 0.4) is 0 Å². The first-order chi connectivity index (χ1) is 18.0. The second-order valence-corrected chi connectivity index (χ2v) is 10.6. The molecule has 1 aliphatic rings. The Morgan fingerprint density at radius 2 is 1.84 bits per heavy atom. The Morgan fingerprint density at radius 3 is 2.53 bits per heavy atom. The first-order valence-corrected chi connectivity index (χ1v) is 13.5. The number of alkyl halides is 3. The number of aromatic nitrogens is 2. The third-order valence-corrected chi connectivity index (χ3v) is 7.56. The summed E-state index contributed by atoms with van der Waals surface area (Å²) in [5.74, 6) is -3.49. The van der Waals surface area contributed by atoms with E-state index in [-0.39, 0.29) is 17.4 Å². The minimum atomic E-state index is -4.89. The molecule has 0 radical (unpaired) electrons. The molecular formula is C22H22F5N5O4S2. The zero-order valence-corrected chi connectivity index (χ0v) is 21.2. The summed E-state index contributed by atoms with van der Waals surface area (Å²) in [6.45, 7) is 2.58. The van der Waals surface area contributed by atoms with Gasteiger partial charge in [0.15, 0.2) is 11.6 Å². The van der Waals surface area contributed by atoms with E-state index in [1.165, 1.54) is 6.07 Å². The number of rotatable bonds is 11. The molecule has 0 saturated carbocycles. The van der Waals surface area contributed by atoms with Crippen LogP contribution >= 0.6 is 11.5 Å². The van der Waals surface area contributed by atoms with Crippen LogP contribution in [0.2, 0.25) is 0 Å². The van der Waals surface area contributed by atoms with Crippen LogP contribution in [0.25, 0.3) is 0 Å². The van der Waals surface area contributed by atoms with Crippen molar-refractivity contribution in [2.45, 2.75) is 30.7 Å². The van der Waals surface area contributed by atoms with E-state index in [4.69, 9.17) is 4.74 Å². The minimum Gasteiger partial charge on any atom is -0.486 e. The van der Waals surface area contributed by atoms with Gasteiger partial charge in [-0.25, -0.2) is 22.2 Å². The molecular weight excluding hydrogens is 557 g/mol. The molecule has 1 fully saturated rings. The topological polar surface area (TPSA) is 106 Å². The average molecular weight is 580 g/mol. The maximum Gasteiger partial charge on any atom is 0.573 e. The maximum atomic E-state index is 14.7. The summed E-state index contributed by atoms with van der Waals surface area (Å²) in [6.07, 6.45) is -1.64. The number of sulfonamides is 1. The van der Waals surface area contributed by atoms with Crippen LogP contribution < -0.4 is 19.5 Å². The van der Waals surface area contributed by atoms with Crippen LogP contribution in [0.15, 0.2) is 41.6 Å². The van der Waals surface area contributed by atoms with Crippen molar-refractivity contribution in [1.82, 2.24) is 14.3 Å². The zero-order chi connectivity index (χ0) is 27.3. The largest absolute Gasteiger partial charge is 0.573 e. The van der Waals surface area contributed by atoms with Crippen LogP contribution in [0.1, 0.15) is 18.4 Å². The standard InChI is InChI=1S/C22H22F5N5O4S2/c23-16-11-20(38(33,34)31-21-29-13-30-37-21)17(24)10-19(16)35-12-14-3-4-15(36-22(25,26)27)9-18(14)28-5-8-32-6-1-2-7-32/h3-4,9-11,13,28H,1-2,5-8,12H2,(H,29,30,31). The van der Waals surface area contributed by atoms with Crippen molar-refractivity contribution in [3.63, 3.8) is 0 Å². The summed E-state index contributed by atoms with van der Waals surface area (Å²) < 4.78 is 107. The Hall–Kier alpha value is -3.24. The fourth-order valence-corrected chi connectivity index (χ4v) is 5.50. The van der Waals surface area contributed by atoms with E-state index < -0.39 is 44.4 Å². The Labute approximate surface area is 218 Å². The van der Waals surface area contributed by atoms with Gasteiger partial charge < -0.3 is 19.7 Å². The maximum absolute atomic E-state index is 14.7. The lowest BCUT2D eigenvalue weighted by Crippen LogP contribution is -2.26. The monoisotopic (exact) mass is 579 g/mol. The van der Waals surface area contributed by atoms with Gasteiger partial charge in [0.1, 0.15) is 29.4 Å². The Kier molecular flexibility index (Phi) is 8.52. The van der Waals surface area contributed by atoms with E-state index in [9.17, 15) is 30.4 Å². The molecule has 16 heteroatoms. The molecule has 1 saturated heterocycles. The third kappa shape index (κ3) is 7.41. The Bertz CT molecular complexity index is 1350. The van der Waals surface area contributed by atoms with Crippen molar-refractivity contribution < 1.29 is 39.8 Å². The molecule has 38 heavy (non-hydrogen) atoms. The number of hydrogen-bond acceptors (Lipinski definition) is 9. The van der Waals surface area contributed by atoms with Crippen LogP contribution in [-0.4, -0.2) is 55.2 Å². The van der Waals surface area contributed by atoms with Gasteiger partial charge in [-0.1, -0.05) is 0 Å². The highest BCUT2D eigenvalue weighted by molar-refractivity contribution is 7.93. The van der Waals surface area contributed by atoms with E-state index in [2.05, 4.69) is 24.3 Å². The van der Waals surface area contributed by atoms with Gasteiger partial charge in [0.2, 0.25) is 5.13 Å². The fraction of sp³-hybridized carbons (Fsp3) is 0.364. The molecule has 2 aromatic carbocycles. The summed E-state index contributed by atoms with van der Waals surface area (Å²) in [6, 6.07) is 4.55. The van der Waals surface area contributed by atoms with Gasteiger partial charge in [-0.05, 0) is 38.1 Å². The Morgan fingerprint density at radius 1 is 1.08 bits per heavy atom. The number of nitrogens with zero attached hydrogens (tertiary/aromatic N) is 3. The molecule has 4 rings (SSSR count). The molecule has 0 atom stereocenters. The summed E-state index contributed by atoms with van der Waals surface area (Å²) >= 11 is 0.709. The van der Waals surface area contributed by atoms with E-state index in [0.29, 0.717) is 42.3 Å². The molecule has 1 aromatic heterocycles. The van der Waals surface area contributed by atoms with Crippen molar-refractivity contribution in [1.29, 1.82) is 0 Å². The number of nitrogens with one attached hydrogen (secondary N) is 2. The van der Waals surface area contributed by atoms with Crippen LogP contribution in [0.5, 0.6) is 11.5 Å². The lowest BCUT2D eigenvalue weighted by molar-refractivity contribution is -0.274. The number of likely N-dealkylation sites (tertiary alicyclic amines) is 1. The summed E-state index contributed by atoms with van der Waals surface area (Å²) in [5, 5.41) is 2.91. The summed E-state index contributed by atoms with van der Waals surface area (Å²) in [7, 11) is -4.50. The highest BCUT2D eigenvalue weighted by Crippen LogP contribution is 2.31. The first-order valence-electron chi connectivity index (χ1n) is 11.3. The number of benzene rings is 2. The van der Waals surface area contributed by atoms with E-state index >= 15 is 0 Å². The van der Waals surface area contributed by atoms with Crippen molar-refractivity contribution in [2.75, 3.05) is 36.2 Å². The van der Waals surface area contributed by atoms with Gasteiger partial charge in [-0.2, -0.15) is 4.37 Å². The molecule has 0 amide bonds. The molecule has 0 aliphatic carbocycles. The van der Waals surface area contributed by atoms with Gasteiger partial charge in [-0.15, -0.1) is 13.2 Å². The van der Waals surface area contributed by atoms with Crippen LogP contribution in [0.4, 0.5) is 32.8 Å². The molecule has 0 unspecified atom stereocenters. The third-order valence-electron chi connectivity index (χ3n) is 5.50. The average Bonchev–Trinajstić information content (AvgIpc) is 3.53. The lowest BCUT2D eigenvalue weighted by Gasteiger charge is -2.19.